The Bertz CT molecular complexity index is 495. The maximum absolute atomic E-state index is 11.2. The number of aliphatic carboxylic acids is 1. The first-order valence-corrected chi connectivity index (χ1v) is 6.83. The van der Waals surface area contributed by atoms with Crippen LogP contribution in [0.2, 0.25) is 0 Å². The molecule has 0 bridgehead atoms. The Morgan fingerprint density at radius 1 is 1.38 bits per heavy atom. The molecule has 21 heavy (non-hydrogen) atoms. The Morgan fingerprint density at radius 3 is 2.62 bits per heavy atom. The van der Waals surface area contributed by atoms with Crippen LogP contribution in [0.4, 0.5) is 5.69 Å². The number of hydrogen-bond acceptors (Lipinski definition) is 3. The standard InChI is InChI=1S/C13H19N5O2S/c14-12(15)16-8-4-7-10(11(19)20)18-13(21)17-9-5-2-1-3-6-9/h1-3,5-6,10H,4,7-8H2,(H,19,20)(H4,14,15,16)(H2,17,18,21)/t10-/m0/s1. The van der Waals surface area contributed by atoms with Crippen molar-refractivity contribution < 1.29 is 9.90 Å². The molecule has 1 aromatic rings. The van der Waals surface area contributed by atoms with E-state index in [9.17, 15) is 4.79 Å². The monoisotopic (exact) mass is 309 g/mol. The second-order valence-electron chi connectivity index (χ2n) is 4.34. The van der Waals surface area contributed by atoms with Gasteiger partial charge < -0.3 is 26.8 Å². The van der Waals surface area contributed by atoms with E-state index in [1.165, 1.54) is 0 Å². The van der Waals surface area contributed by atoms with E-state index >= 15 is 0 Å². The molecule has 7 nitrogen and oxygen atoms in total. The molecule has 0 radical (unpaired) electrons. The Balaban J connectivity index is 2.41. The summed E-state index contributed by atoms with van der Waals surface area (Å²) in [6.45, 7) is 0.444. The lowest BCUT2D eigenvalue weighted by molar-refractivity contribution is -0.139. The van der Waals surface area contributed by atoms with Crippen molar-refractivity contribution in [3.05, 3.63) is 30.3 Å². The lowest BCUT2D eigenvalue weighted by Gasteiger charge is -2.17. The first kappa shape index (κ1) is 16.7. The number of thiocarbonyl (C=S) groups is 1. The first-order chi connectivity index (χ1) is 9.99. The summed E-state index contributed by atoms with van der Waals surface area (Å²) in [6.07, 6.45) is 0.920. The van der Waals surface area contributed by atoms with Gasteiger partial charge in [0.05, 0.1) is 0 Å². The van der Waals surface area contributed by atoms with Crippen LogP contribution < -0.4 is 21.7 Å². The molecule has 0 aliphatic heterocycles. The number of benzene rings is 1. The van der Waals surface area contributed by atoms with E-state index in [1.54, 1.807) is 0 Å². The molecule has 0 fully saturated rings. The summed E-state index contributed by atoms with van der Waals surface area (Å²) in [7, 11) is 0. The summed E-state index contributed by atoms with van der Waals surface area (Å²) >= 11 is 5.10. The Kier molecular flexibility index (Phi) is 6.96. The summed E-state index contributed by atoms with van der Waals surface area (Å²) in [4.78, 5) is 11.2. The zero-order valence-corrected chi connectivity index (χ0v) is 12.2. The van der Waals surface area contributed by atoms with Crippen molar-refractivity contribution in [1.29, 1.82) is 5.41 Å². The van der Waals surface area contributed by atoms with E-state index in [2.05, 4.69) is 16.0 Å². The third-order valence-corrected chi connectivity index (χ3v) is 2.84. The molecular formula is C13H19N5O2S. The van der Waals surface area contributed by atoms with E-state index in [4.69, 9.17) is 28.5 Å². The Morgan fingerprint density at radius 2 is 2.05 bits per heavy atom. The van der Waals surface area contributed by atoms with Crippen LogP contribution in [0, 0.1) is 5.41 Å². The number of nitrogens with one attached hydrogen (secondary N) is 4. The fraction of sp³-hybridized carbons (Fsp3) is 0.308. The van der Waals surface area contributed by atoms with E-state index < -0.39 is 12.0 Å². The molecular weight excluding hydrogens is 290 g/mol. The molecule has 0 aromatic heterocycles. The molecule has 114 valence electrons. The van der Waals surface area contributed by atoms with Crippen molar-refractivity contribution >= 4 is 34.9 Å². The topological polar surface area (TPSA) is 123 Å². The molecule has 0 saturated heterocycles. The molecule has 0 aliphatic carbocycles. The average Bonchev–Trinajstić information content (AvgIpc) is 2.42. The van der Waals surface area contributed by atoms with Gasteiger partial charge in [-0.15, -0.1) is 0 Å². The number of anilines is 1. The summed E-state index contributed by atoms with van der Waals surface area (Å²) in [5.74, 6) is -1.11. The van der Waals surface area contributed by atoms with Gasteiger partial charge >= 0.3 is 5.97 Å². The molecule has 0 spiro atoms. The molecule has 1 atom stereocenters. The molecule has 0 saturated carbocycles. The van der Waals surface area contributed by atoms with Gasteiger partial charge in [-0.3, -0.25) is 5.41 Å². The van der Waals surface area contributed by atoms with Crippen molar-refractivity contribution in [3.63, 3.8) is 0 Å². The maximum Gasteiger partial charge on any atom is 0.326 e. The van der Waals surface area contributed by atoms with Gasteiger partial charge in [0, 0.05) is 12.2 Å². The number of guanidine groups is 1. The number of hydrogen-bond donors (Lipinski definition) is 6. The second-order valence-corrected chi connectivity index (χ2v) is 4.75. The quantitative estimate of drug-likeness (QED) is 0.189. The first-order valence-electron chi connectivity index (χ1n) is 6.42. The van der Waals surface area contributed by atoms with Gasteiger partial charge in [-0.25, -0.2) is 4.79 Å². The van der Waals surface area contributed by atoms with Crippen LogP contribution in [0.5, 0.6) is 0 Å². The largest absolute Gasteiger partial charge is 0.480 e. The maximum atomic E-state index is 11.2. The predicted molar refractivity (Wildman–Crippen MR) is 86.4 cm³/mol. The van der Waals surface area contributed by atoms with E-state index in [0.29, 0.717) is 19.4 Å². The zero-order chi connectivity index (χ0) is 15.7. The van der Waals surface area contributed by atoms with Crippen molar-refractivity contribution in [2.24, 2.45) is 5.73 Å². The SMILES string of the molecule is N=C(N)NCCC[C@H](NC(=S)Nc1ccccc1)C(=O)O. The minimum atomic E-state index is -0.977. The van der Waals surface area contributed by atoms with Crippen LogP contribution in [-0.2, 0) is 4.79 Å². The van der Waals surface area contributed by atoms with E-state index in [0.717, 1.165) is 5.69 Å². The number of carboxylic acids is 1. The number of rotatable bonds is 7. The highest BCUT2D eigenvalue weighted by atomic mass is 32.1. The lowest BCUT2D eigenvalue weighted by atomic mass is 10.1. The Hall–Kier alpha value is -2.35. The summed E-state index contributed by atoms with van der Waals surface area (Å²) in [5.41, 5.74) is 5.93. The lowest BCUT2D eigenvalue weighted by Crippen LogP contribution is -2.43. The Labute approximate surface area is 128 Å². The normalized spacial score (nSPS) is 11.2. The van der Waals surface area contributed by atoms with Crippen molar-refractivity contribution in [2.75, 3.05) is 11.9 Å². The molecule has 8 heteroatoms. The highest BCUT2D eigenvalue weighted by molar-refractivity contribution is 7.80. The summed E-state index contributed by atoms with van der Waals surface area (Å²) in [6, 6.07) is 8.47. The smallest absolute Gasteiger partial charge is 0.326 e. The van der Waals surface area contributed by atoms with E-state index in [-0.39, 0.29) is 11.1 Å². The van der Waals surface area contributed by atoms with Crippen LogP contribution >= 0.6 is 12.2 Å². The van der Waals surface area contributed by atoms with Crippen LogP contribution in [0.25, 0.3) is 0 Å². The fourth-order valence-corrected chi connectivity index (χ4v) is 1.89. The van der Waals surface area contributed by atoms with Crippen LogP contribution in [0.3, 0.4) is 0 Å². The molecule has 0 aliphatic rings. The molecule has 1 rings (SSSR count). The van der Waals surface area contributed by atoms with Gasteiger partial charge in [0.1, 0.15) is 6.04 Å². The van der Waals surface area contributed by atoms with Crippen molar-refractivity contribution in [2.45, 2.75) is 18.9 Å². The van der Waals surface area contributed by atoms with Crippen LogP contribution in [0.1, 0.15) is 12.8 Å². The third-order valence-electron chi connectivity index (χ3n) is 2.62. The number of nitrogens with two attached hydrogens (primary N) is 1. The molecule has 0 heterocycles. The van der Waals surface area contributed by atoms with Gasteiger partial charge in [0.25, 0.3) is 0 Å². The highest BCUT2D eigenvalue weighted by Crippen LogP contribution is 2.05. The molecule has 7 N–H and O–H groups in total. The highest BCUT2D eigenvalue weighted by Gasteiger charge is 2.17. The van der Waals surface area contributed by atoms with Crippen LogP contribution in [0.15, 0.2) is 30.3 Å². The average molecular weight is 309 g/mol. The fourth-order valence-electron chi connectivity index (χ4n) is 1.63. The van der Waals surface area contributed by atoms with Gasteiger partial charge in [-0.1, -0.05) is 18.2 Å². The number of para-hydroxylation sites is 1. The predicted octanol–water partition coefficient (Wildman–Crippen LogP) is 0.689. The van der Waals surface area contributed by atoms with Crippen molar-refractivity contribution in [3.8, 4) is 0 Å². The minimum Gasteiger partial charge on any atom is -0.480 e. The summed E-state index contributed by atoms with van der Waals surface area (Å²) < 4.78 is 0. The van der Waals surface area contributed by atoms with Gasteiger partial charge in [0.15, 0.2) is 11.1 Å². The second kappa shape index (κ2) is 8.75. The van der Waals surface area contributed by atoms with E-state index in [1.807, 2.05) is 30.3 Å². The van der Waals surface area contributed by atoms with Gasteiger partial charge in [0.2, 0.25) is 0 Å². The minimum absolute atomic E-state index is 0.129. The molecule has 0 unspecified atom stereocenters. The molecule has 1 aromatic carbocycles. The third kappa shape index (κ3) is 7.11. The van der Waals surface area contributed by atoms with Crippen molar-refractivity contribution in [1.82, 2.24) is 10.6 Å². The summed E-state index contributed by atoms with van der Waals surface area (Å²) in [5, 5.41) is 24.7. The zero-order valence-electron chi connectivity index (χ0n) is 11.4. The molecule has 0 amide bonds. The number of carboxylic acid groups (broad SMARTS) is 1. The number of carbonyl (C=O) groups is 1. The van der Waals surface area contributed by atoms with Crippen LogP contribution in [-0.4, -0.2) is 34.7 Å². The van der Waals surface area contributed by atoms with Gasteiger partial charge in [-0.2, -0.15) is 0 Å². The van der Waals surface area contributed by atoms with Gasteiger partial charge in [-0.05, 0) is 37.2 Å².